The number of nitrogens with zero attached hydrogens (tertiary/aromatic N) is 1. The van der Waals surface area contributed by atoms with E-state index in [0.29, 0.717) is 11.5 Å². The van der Waals surface area contributed by atoms with Crippen LogP contribution in [-0.2, 0) is 0 Å². The van der Waals surface area contributed by atoms with Crippen molar-refractivity contribution in [3.8, 4) is 0 Å². The Kier molecular flexibility index (Phi) is 9.06. The molecular formula is C19H41N. The molecule has 2 atom stereocenters. The van der Waals surface area contributed by atoms with Crippen LogP contribution in [0.4, 0.5) is 0 Å². The van der Waals surface area contributed by atoms with Crippen molar-refractivity contribution >= 4 is 0 Å². The molecule has 0 heterocycles. The molecule has 0 aliphatic rings. The summed E-state index contributed by atoms with van der Waals surface area (Å²) in [5.41, 5.74) is 0.478. The zero-order valence-electron chi connectivity index (χ0n) is 15.8. The maximum Gasteiger partial charge on any atom is 0.00385 e. The fraction of sp³-hybridized carbons (Fsp3) is 1.00. The normalized spacial score (nSPS) is 16.2. The second kappa shape index (κ2) is 9.07. The van der Waals surface area contributed by atoms with Gasteiger partial charge < -0.3 is 4.90 Å². The fourth-order valence-electron chi connectivity index (χ4n) is 3.94. The third-order valence-electron chi connectivity index (χ3n) is 5.04. The van der Waals surface area contributed by atoms with E-state index in [9.17, 15) is 0 Å². The SMILES string of the molecule is CCCC(C)(C)C(CC(C)CN(CC)C(C)C)C(C)C. The van der Waals surface area contributed by atoms with Gasteiger partial charge in [-0.15, -0.1) is 0 Å². The molecule has 0 rings (SSSR count). The van der Waals surface area contributed by atoms with Gasteiger partial charge in [0.25, 0.3) is 0 Å². The van der Waals surface area contributed by atoms with E-state index in [1.807, 2.05) is 0 Å². The van der Waals surface area contributed by atoms with E-state index in [1.165, 1.54) is 32.4 Å². The van der Waals surface area contributed by atoms with E-state index >= 15 is 0 Å². The Morgan fingerprint density at radius 1 is 0.950 bits per heavy atom. The van der Waals surface area contributed by atoms with Crippen molar-refractivity contribution in [3.63, 3.8) is 0 Å². The summed E-state index contributed by atoms with van der Waals surface area (Å²) in [4.78, 5) is 2.61. The summed E-state index contributed by atoms with van der Waals surface area (Å²) in [6, 6.07) is 0.670. The average Bonchev–Trinajstić information content (AvgIpc) is 2.31. The van der Waals surface area contributed by atoms with Gasteiger partial charge in [0.15, 0.2) is 0 Å². The van der Waals surface area contributed by atoms with Crippen molar-refractivity contribution in [1.82, 2.24) is 4.90 Å². The van der Waals surface area contributed by atoms with Gasteiger partial charge in [-0.1, -0.05) is 54.9 Å². The number of hydrogen-bond acceptors (Lipinski definition) is 1. The summed E-state index contributed by atoms with van der Waals surface area (Å²) < 4.78 is 0. The van der Waals surface area contributed by atoms with E-state index in [0.717, 1.165) is 17.8 Å². The summed E-state index contributed by atoms with van der Waals surface area (Å²) in [6.45, 7) is 23.9. The number of rotatable bonds is 10. The lowest BCUT2D eigenvalue weighted by atomic mass is 9.67. The molecule has 0 saturated heterocycles. The molecule has 0 aliphatic carbocycles. The summed E-state index contributed by atoms with van der Waals surface area (Å²) in [5, 5.41) is 0. The first-order valence-corrected chi connectivity index (χ1v) is 8.89. The third-order valence-corrected chi connectivity index (χ3v) is 5.04. The molecule has 0 bridgehead atoms. The van der Waals surface area contributed by atoms with Gasteiger partial charge >= 0.3 is 0 Å². The Bertz CT molecular complexity index is 242. The first-order chi connectivity index (χ1) is 9.15. The second-order valence-electron chi connectivity index (χ2n) is 8.11. The van der Waals surface area contributed by atoms with Gasteiger partial charge in [0.2, 0.25) is 0 Å². The molecule has 0 aromatic carbocycles. The molecule has 0 radical (unpaired) electrons. The zero-order valence-corrected chi connectivity index (χ0v) is 15.8. The van der Waals surface area contributed by atoms with Crippen molar-refractivity contribution < 1.29 is 0 Å². The fourth-order valence-corrected chi connectivity index (χ4v) is 3.94. The van der Waals surface area contributed by atoms with Crippen LogP contribution in [0.3, 0.4) is 0 Å². The first-order valence-electron chi connectivity index (χ1n) is 8.89. The molecule has 0 fully saturated rings. The minimum Gasteiger partial charge on any atom is -0.301 e. The molecule has 1 nitrogen and oxygen atoms in total. The molecule has 0 spiro atoms. The molecular weight excluding hydrogens is 242 g/mol. The van der Waals surface area contributed by atoms with Crippen LogP contribution >= 0.6 is 0 Å². The van der Waals surface area contributed by atoms with Crippen molar-refractivity contribution in [3.05, 3.63) is 0 Å². The van der Waals surface area contributed by atoms with Crippen molar-refractivity contribution in [2.45, 2.75) is 87.6 Å². The van der Waals surface area contributed by atoms with Crippen LogP contribution < -0.4 is 0 Å². The van der Waals surface area contributed by atoms with Gasteiger partial charge in [0, 0.05) is 12.6 Å². The predicted molar refractivity (Wildman–Crippen MR) is 93.2 cm³/mol. The van der Waals surface area contributed by atoms with E-state index in [2.05, 4.69) is 67.2 Å². The Balaban J connectivity index is 4.67. The molecule has 1 heteroatoms. The van der Waals surface area contributed by atoms with E-state index < -0.39 is 0 Å². The zero-order chi connectivity index (χ0) is 15.9. The van der Waals surface area contributed by atoms with Crippen molar-refractivity contribution in [1.29, 1.82) is 0 Å². The summed E-state index contributed by atoms with van der Waals surface area (Å²) in [7, 11) is 0. The maximum absolute atomic E-state index is 2.61. The average molecular weight is 284 g/mol. The summed E-state index contributed by atoms with van der Waals surface area (Å²) in [5.74, 6) is 2.41. The van der Waals surface area contributed by atoms with Crippen LogP contribution in [0.1, 0.15) is 81.6 Å². The van der Waals surface area contributed by atoms with Crippen LogP contribution in [0.25, 0.3) is 0 Å². The van der Waals surface area contributed by atoms with E-state index in [-0.39, 0.29) is 0 Å². The van der Waals surface area contributed by atoms with E-state index in [4.69, 9.17) is 0 Å². The highest BCUT2D eigenvalue weighted by Gasteiger charge is 2.32. The molecule has 0 saturated carbocycles. The Labute approximate surface area is 129 Å². The summed E-state index contributed by atoms with van der Waals surface area (Å²) in [6.07, 6.45) is 4.02. The van der Waals surface area contributed by atoms with Gasteiger partial charge in [-0.2, -0.15) is 0 Å². The molecule has 0 amide bonds. The predicted octanol–water partition coefficient (Wildman–Crippen LogP) is 5.84. The van der Waals surface area contributed by atoms with Crippen LogP contribution in [0.2, 0.25) is 0 Å². The smallest absolute Gasteiger partial charge is 0.00385 e. The quantitative estimate of drug-likeness (QED) is 0.487. The van der Waals surface area contributed by atoms with Crippen molar-refractivity contribution in [2.24, 2.45) is 23.2 Å². The third kappa shape index (κ3) is 6.61. The highest BCUT2D eigenvalue weighted by Crippen LogP contribution is 2.40. The molecule has 0 N–H and O–H groups in total. The highest BCUT2D eigenvalue weighted by atomic mass is 15.1. The van der Waals surface area contributed by atoms with Crippen LogP contribution in [0.5, 0.6) is 0 Å². The monoisotopic (exact) mass is 283 g/mol. The van der Waals surface area contributed by atoms with Gasteiger partial charge in [-0.25, -0.2) is 0 Å². The Morgan fingerprint density at radius 3 is 1.85 bits per heavy atom. The van der Waals surface area contributed by atoms with Crippen molar-refractivity contribution in [2.75, 3.05) is 13.1 Å². The lowest BCUT2D eigenvalue weighted by molar-refractivity contribution is 0.0987. The molecule has 122 valence electrons. The molecule has 0 aromatic heterocycles. The van der Waals surface area contributed by atoms with Gasteiger partial charge in [0.05, 0.1) is 0 Å². The molecule has 2 unspecified atom stereocenters. The molecule has 0 aliphatic heterocycles. The summed E-state index contributed by atoms with van der Waals surface area (Å²) >= 11 is 0. The maximum atomic E-state index is 2.61. The first kappa shape index (κ1) is 20.0. The molecule has 0 aromatic rings. The Morgan fingerprint density at radius 2 is 1.50 bits per heavy atom. The molecule has 20 heavy (non-hydrogen) atoms. The van der Waals surface area contributed by atoms with Gasteiger partial charge in [-0.05, 0) is 56.4 Å². The van der Waals surface area contributed by atoms with Gasteiger partial charge in [0.1, 0.15) is 0 Å². The van der Waals surface area contributed by atoms with E-state index in [1.54, 1.807) is 0 Å². The lowest BCUT2D eigenvalue weighted by Gasteiger charge is -2.40. The van der Waals surface area contributed by atoms with Crippen LogP contribution in [0.15, 0.2) is 0 Å². The topological polar surface area (TPSA) is 3.24 Å². The number of hydrogen-bond donors (Lipinski definition) is 0. The minimum absolute atomic E-state index is 0.478. The van der Waals surface area contributed by atoms with Crippen LogP contribution in [0, 0.1) is 23.2 Å². The van der Waals surface area contributed by atoms with Crippen LogP contribution in [-0.4, -0.2) is 24.0 Å². The lowest BCUT2D eigenvalue weighted by Crippen LogP contribution is -2.37. The van der Waals surface area contributed by atoms with Gasteiger partial charge in [-0.3, -0.25) is 0 Å². The Hall–Kier alpha value is -0.0400. The standard InChI is InChI=1S/C19H41N/c1-10-12-19(8,9)18(15(3)4)13-17(7)14-20(11-2)16(5)6/h15-18H,10-14H2,1-9H3. The minimum atomic E-state index is 0.478. The largest absolute Gasteiger partial charge is 0.301 e. The second-order valence-corrected chi connectivity index (χ2v) is 8.11. The highest BCUT2D eigenvalue weighted by molar-refractivity contribution is 4.82.